The van der Waals surface area contributed by atoms with Crippen LogP contribution in [0.15, 0.2) is 48.9 Å². The molecule has 22 heavy (non-hydrogen) atoms. The molecule has 5 heteroatoms. The number of carbonyl (C=O) groups is 1. The second kappa shape index (κ2) is 7.02. The molecule has 1 amide bonds. The number of piperidine rings is 1. The topological polar surface area (TPSA) is 55.3 Å². The smallest absolute Gasteiger partial charge is 0.260 e. The number of carbonyl (C=O) groups excluding carboxylic acids is 1. The van der Waals surface area contributed by atoms with Crippen molar-refractivity contribution in [2.24, 2.45) is 0 Å². The Hall–Kier alpha value is -2.43. The summed E-state index contributed by atoms with van der Waals surface area (Å²) in [5.41, 5.74) is 0.962. The standard InChI is InChI=1S/C17H19N3O2/c21-17(13-22-15-6-2-1-3-7-15)20-10-4-5-14(12-20)16-11-18-8-9-19-16/h1-3,6-9,11,14H,4-5,10,12-13H2/t14-/m1/s1. The number of rotatable bonds is 4. The first-order valence-corrected chi connectivity index (χ1v) is 7.54. The van der Waals surface area contributed by atoms with Crippen LogP contribution in [0.1, 0.15) is 24.5 Å². The lowest BCUT2D eigenvalue weighted by Crippen LogP contribution is -2.41. The summed E-state index contributed by atoms with van der Waals surface area (Å²) in [6, 6.07) is 9.41. The summed E-state index contributed by atoms with van der Waals surface area (Å²) in [6.07, 6.45) is 7.19. The zero-order chi connectivity index (χ0) is 15.2. The minimum atomic E-state index is 0.0254. The Balaban J connectivity index is 1.56. The number of para-hydroxylation sites is 1. The predicted molar refractivity (Wildman–Crippen MR) is 82.5 cm³/mol. The molecule has 1 saturated heterocycles. The molecule has 114 valence electrons. The van der Waals surface area contributed by atoms with Crippen molar-refractivity contribution in [3.8, 4) is 5.75 Å². The maximum Gasteiger partial charge on any atom is 0.260 e. The number of hydrogen-bond acceptors (Lipinski definition) is 4. The molecule has 0 spiro atoms. The van der Waals surface area contributed by atoms with Crippen LogP contribution < -0.4 is 4.74 Å². The molecular formula is C17H19N3O2. The van der Waals surface area contributed by atoms with E-state index in [0.717, 1.165) is 30.8 Å². The summed E-state index contributed by atoms with van der Waals surface area (Å²) in [6.45, 7) is 1.56. The van der Waals surface area contributed by atoms with E-state index in [-0.39, 0.29) is 18.4 Å². The van der Waals surface area contributed by atoms with Crippen molar-refractivity contribution in [3.05, 3.63) is 54.6 Å². The number of ether oxygens (including phenoxy) is 1. The maximum absolute atomic E-state index is 12.3. The summed E-state index contributed by atoms with van der Waals surface area (Å²) < 4.78 is 5.54. The molecule has 2 heterocycles. The van der Waals surface area contributed by atoms with Gasteiger partial charge in [-0.05, 0) is 25.0 Å². The van der Waals surface area contributed by atoms with Crippen LogP contribution >= 0.6 is 0 Å². The van der Waals surface area contributed by atoms with Crippen LogP contribution in [0.4, 0.5) is 0 Å². The first-order valence-electron chi connectivity index (χ1n) is 7.54. The van der Waals surface area contributed by atoms with Gasteiger partial charge < -0.3 is 9.64 Å². The van der Waals surface area contributed by atoms with E-state index in [1.54, 1.807) is 18.6 Å². The molecule has 3 rings (SSSR count). The van der Waals surface area contributed by atoms with Crippen molar-refractivity contribution in [2.75, 3.05) is 19.7 Å². The van der Waals surface area contributed by atoms with E-state index in [1.807, 2.05) is 35.2 Å². The van der Waals surface area contributed by atoms with E-state index in [1.165, 1.54) is 0 Å². The van der Waals surface area contributed by atoms with Crippen molar-refractivity contribution in [3.63, 3.8) is 0 Å². The van der Waals surface area contributed by atoms with Crippen LogP contribution in [-0.2, 0) is 4.79 Å². The van der Waals surface area contributed by atoms with Crippen molar-refractivity contribution < 1.29 is 9.53 Å². The molecule has 1 fully saturated rings. The summed E-state index contributed by atoms with van der Waals surface area (Å²) in [7, 11) is 0. The summed E-state index contributed by atoms with van der Waals surface area (Å²) in [5.74, 6) is 1.01. The second-order valence-corrected chi connectivity index (χ2v) is 5.41. The van der Waals surface area contributed by atoms with E-state index in [2.05, 4.69) is 9.97 Å². The summed E-state index contributed by atoms with van der Waals surface area (Å²) in [5, 5.41) is 0. The zero-order valence-electron chi connectivity index (χ0n) is 12.4. The molecule has 0 bridgehead atoms. The number of aromatic nitrogens is 2. The third-order valence-electron chi connectivity index (χ3n) is 3.88. The predicted octanol–water partition coefficient (Wildman–Crippen LogP) is 2.26. The Labute approximate surface area is 130 Å². The summed E-state index contributed by atoms with van der Waals surface area (Å²) >= 11 is 0. The lowest BCUT2D eigenvalue weighted by molar-refractivity contribution is -0.134. The second-order valence-electron chi connectivity index (χ2n) is 5.41. The molecule has 1 aromatic heterocycles. The van der Waals surface area contributed by atoms with Gasteiger partial charge in [-0.2, -0.15) is 0 Å². The fourth-order valence-corrected chi connectivity index (χ4v) is 2.72. The highest BCUT2D eigenvalue weighted by Crippen LogP contribution is 2.25. The molecule has 1 aliphatic rings. The molecule has 1 atom stereocenters. The fraction of sp³-hybridized carbons (Fsp3) is 0.353. The van der Waals surface area contributed by atoms with Crippen LogP contribution in [0.25, 0.3) is 0 Å². The molecule has 1 aromatic carbocycles. The van der Waals surface area contributed by atoms with E-state index in [0.29, 0.717) is 6.54 Å². The van der Waals surface area contributed by atoms with E-state index in [9.17, 15) is 4.79 Å². The fourth-order valence-electron chi connectivity index (χ4n) is 2.72. The molecule has 0 N–H and O–H groups in total. The van der Waals surface area contributed by atoms with E-state index in [4.69, 9.17) is 4.74 Å². The van der Waals surface area contributed by atoms with Crippen LogP contribution in [0.2, 0.25) is 0 Å². The average Bonchev–Trinajstić information content (AvgIpc) is 2.61. The molecule has 0 unspecified atom stereocenters. The monoisotopic (exact) mass is 297 g/mol. The molecule has 0 aliphatic carbocycles. The van der Waals surface area contributed by atoms with Gasteiger partial charge in [0.15, 0.2) is 6.61 Å². The van der Waals surface area contributed by atoms with Crippen molar-refractivity contribution in [1.82, 2.24) is 14.9 Å². The first kappa shape index (κ1) is 14.5. The number of hydrogen-bond donors (Lipinski definition) is 0. The van der Waals surface area contributed by atoms with Crippen LogP contribution in [-0.4, -0.2) is 40.5 Å². The summed E-state index contributed by atoms with van der Waals surface area (Å²) in [4.78, 5) is 22.7. The van der Waals surface area contributed by atoms with E-state index >= 15 is 0 Å². The minimum Gasteiger partial charge on any atom is -0.484 e. The number of benzene rings is 1. The van der Waals surface area contributed by atoms with Gasteiger partial charge in [-0.15, -0.1) is 0 Å². The lowest BCUT2D eigenvalue weighted by Gasteiger charge is -2.32. The normalized spacial score (nSPS) is 18.0. The quantitative estimate of drug-likeness (QED) is 0.868. The Kier molecular flexibility index (Phi) is 4.63. The number of likely N-dealkylation sites (tertiary alicyclic amines) is 1. The minimum absolute atomic E-state index is 0.0254. The van der Waals surface area contributed by atoms with Crippen LogP contribution in [0.5, 0.6) is 5.75 Å². The van der Waals surface area contributed by atoms with Crippen LogP contribution in [0, 0.1) is 0 Å². The molecule has 2 aromatic rings. The highest BCUT2D eigenvalue weighted by molar-refractivity contribution is 5.78. The van der Waals surface area contributed by atoms with Gasteiger partial charge in [0.2, 0.25) is 0 Å². The van der Waals surface area contributed by atoms with Crippen LogP contribution in [0.3, 0.4) is 0 Å². The van der Waals surface area contributed by atoms with Gasteiger partial charge in [0.25, 0.3) is 5.91 Å². The Morgan fingerprint density at radius 2 is 2.14 bits per heavy atom. The van der Waals surface area contributed by atoms with Gasteiger partial charge in [-0.25, -0.2) is 0 Å². The van der Waals surface area contributed by atoms with Gasteiger partial charge in [0, 0.05) is 37.6 Å². The highest BCUT2D eigenvalue weighted by Gasteiger charge is 2.25. The highest BCUT2D eigenvalue weighted by atomic mass is 16.5. The molecule has 0 radical (unpaired) electrons. The van der Waals surface area contributed by atoms with Crippen molar-refractivity contribution in [1.29, 1.82) is 0 Å². The van der Waals surface area contributed by atoms with Gasteiger partial charge in [-0.3, -0.25) is 14.8 Å². The molecule has 0 saturated carbocycles. The third kappa shape index (κ3) is 3.61. The number of nitrogens with zero attached hydrogens (tertiary/aromatic N) is 3. The Morgan fingerprint density at radius 3 is 2.91 bits per heavy atom. The first-order chi connectivity index (χ1) is 10.8. The van der Waals surface area contributed by atoms with Gasteiger partial charge in [0.05, 0.1) is 5.69 Å². The van der Waals surface area contributed by atoms with Crippen molar-refractivity contribution in [2.45, 2.75) is 18.8 Å². The maximum atomic E-state index is 12.3. The lowest BCUT2D eigenvalue weighted by atomic mass is 9.95. The zero-order valence-corrected chi connectivity index (χ0v) is 12.4. The van der Waals surface area contributed by atoms with Gasteiger partial charge in [0.1, 0.15) is 5.75 Å². The SMILES string of the molecule is O=C(COc1ccccc1)N1CCC[C@@H](c2cnccn2)C1. The van der Waals surface area contributed by atoms with Gasteiger partial charge >= 0.3 is 0 Å². The third-order valence-corrected chi connectivity index (χ3v) is 3.88. The average molecular weight is 297 g/mol. The van der Waals surface area contributed by atoms with Crippen molar-refractivity contribution >= 4 is 5.91 Å². The molecule has 5 nitrogen and oxygen atoms in total. The number of amides is 1. The van der Waals surface area contributed by atoms with E-state index < -0.39 is 0 Å². The van der Waals surface area contributed by atoms with Gasteiger partial charge in [-0.1, -0.05) is 18.2 Å². The Bertz CT molecular complexity index is 604. The molecular weight excluding hydrogens is 278 g/mol. The largest absolute Gasteiger partial charge is 0.484 e. The molecule has 1 aliphatic heterocycles. The Morgan fingerprint density at radius 1 is 1.27 bits per heavy atom.